The van der Waals surface area contributed by atoms with E-state index in [2.05, 4.69) is 40.5 Å². The summed E-state index contributed by atoms with van der Waals surface area (Å²) in [6.07, 6.45) is 3.24. The van der Waals surface area contributed by atoms with Crippen molar-refractivity contribution in [2.45, 2.75) is 25.3 Å². The summed E-state index contributed by atoms with van der Waals surface area (Å²) in [5, 5.41) is 3.09. The summed E-state index contributed by atoms with van der Waals surface area (Å²) >= 11 is 0. The summed E-state index contributed by atoms with van der Waals surface area (Å²) in [7, 11) is 0. The Morgan fingerprint density at radius 2 is 1.79 bits per heavy atom. The fourth-order valence-corrected chi connectivity index (χ4v) is 3.83. The van der Waals surface area contributed by atoms with Crippen LogP contribution in [0.15, 0.2) is 54.6 Å². The second kappa shape index (κ2) is 6.56. The Balaban J connectivity index is 1.45. The van der Waals surface area contributed by atoms with Crippen LogP contribution in [0.4, 0.5) is 16.2 Å². The number of benzene rings is 2. The number of fused-ring (bicyclic) bond motifs is 3. The molecule has 4 rings (SSSR count). The van der Waals surface area contributed by atoms with Crippen molar-refractivity contribution >= 4 is 17.4 Å². The minimum Gasteiger partial charge on any atom is -0.365 e. The van der Waals surface area contributed by atoms with Crippen molar-refractivity contribution in [1.82, 2.24) is 5.32 Å². The van der Waals surface area contributed by atoms with Crippen LogP contribution < -0.4 is 15.1 Å². The van der Waals surface area contributed by atoms with E-state index >= 15 is 0 Å². The Morgan fingerprint density at radius 3 is 2.62 bits per heavy atom. The highest BCUT2D eigenvalue weighted by molar-refractivity contribution is 5.97. The van der Waals surface area contributed by atoms with Crippen molar-refractivity contribution in [2.75, 3.05) is 29.4 Å². The van der Waals surface area contributed by atoms with Crippen LogP contribution in [0.2, 0.25) is 0 Å². The zero-order chi connectivity index (χ0) is 16.4. The molecule has 0 aromatic heterocycles. The van der Waals surface area contributed by atoms with Crippen molar-refractivity contribution in [3.05, 3.63) is 60.2 Å². The van der Waals surface area contributed by atoms with Gasteiger partial charge in [-0.05, 0) is 37.0 Å². The fourth-order valence-electron chi connectivity index (χ4n) is 3.83. The summed E-state index contributed by atoms with van der Waals surface area (Å²) < 4.78 is 0. The first-order valence-corrected chi connectivity index (χ1v) is 8.78. The van der Waals surface area contributed by atoms with Crippen LogP contribution >= 0.6 is 0 Å². The maximum atomic E-state index is 12.7. The molecule has 1 fully saturated rings. The molecule has 2 heterocycles. The molecule has 0 radical (unpaired) electrons. The number of nitrogens with zero attached hydrogens (tertiary/aromatic N) is 2. The molecule has 24 heavy (non-hydrogen) atoms. The average molecular weight is 321 g/mol. The van der Waals surface area contributed by atoms with Crippen LogP contribution in [-0.2, 0) is 6.42 Å². The summed E-state index contributed by atoms with van der Waals surface area (Å²) in [6, 6.07) is 19.0. The molecular formula is C20H23N3O. The number of urea groups is 1. The normalized spacial score (nSPS) is 18.9. The van der Waals surface area contributed by atoms with E-state index in [1.54, 1.807) is 0 Å². The van der Waals surface area contributed by atoms with E-state index in [4.69, 9.17) is 0 Å². The highest BCUT2D eigenvalue weighted by Crippen LogP contribution is 2.39. The van der Waals surface area contributed by atoms with E-state index in [1.165, 1.54) is 24.1 Å². The molecule has 0 saturated carbocycles. The maximum Gasteiger partial charge on any atom is 0.322 e. The van der Waals surface area contributed by atoms with Gasteiger partial charge in [-0.1, -0.05) is 42.5 Å². The molecular weight excluding hydrogens is 298 g/mol. The van der Waals surface area contributed by atoms with Crippen molar-refractivity contribution in [1.29, 1.82) is 0 Å². The monoisotopic (exact) mass is 321 g/mol. The SMILES string of the molecule is O=C(NCCc1ccccc1)N1C[C@H]2CCCN2c2ccccc21. The number of rotatable bonds is 3. The number of para-hydroxylation sites is 2. The molecule has 2 amide bonds. The molecule has 4 nitrogen and oxygen atoms in total. The molecule has 2 aliphatic heterocycles. The molecule has 2 aromatic rings. The van der Waals surface area contributed by atoms with Gasteiger partial charge in [0.05, 0.1) is 11.4 Å². The first-order chi connectivity index (χ1) is 11.8. The molecule has 2 aliphatic rings. The Morgan fingerprint density at radius 1 is 1.04 bits per heavy atom. The summed E-state index contributed by atoms with van der Waals surface area (Å²) in [4.78, 5) is 17.1. The van der Waals surface area contributed by atoms with E-state index in [9.17, 15) is 4.79 Å². The second-order valence-corrected chi connectivity index (χ2v) is 6.56. The number of hydrogen-bond donors (Lipinski definition) is 1. The van der Waals surface area contributed by atoms with Gasteiger partial charge >= 0.3 is 6.03 Å². The molecule has 1 N–H and O–H groups in total. The smallest absolute Gasteiger partial charge is 0.322 e. The summed E-state index contributed by atoms with van der Waals surface area (Å²) in [5.74, 6) is 0. The zero-order valence-electron chi connectivity index (χ0n) is 13.8. The van der Waals surface area contributed by atoms with Crippen LogP contribution in [0.25, 0.3) is 0 Å². The third-order valence-electron chi connectivity index (χ3n) is 5.03. The molecule has 0 unspecified atom stereocenters. The Bertz CT molecular complexity index is 716. The number of nitrogens with one attached hydrogen (secondary N) is 1. The number of amides is 2. The van der Waals surface area contributed by atoms with Gasteiger partial charge in [-0.2, -0.15) is 0 Å². The fraction of sp³-hybridized carbons (Fsp3) is 0.350. The Hall–Kier alpha value is -2.49. The third kappa shape index (κ3) is 2.84. The predicted octanol–water partition coefficient (Wildman–Crippen LogP) is 3.43. The van der Waals surface area contributed by atoms with Crippen LogP contribution in [0.1, 0.15) is 18.4 Å². The van der Waals surface area contributed by atoms with E-state index < -0.39 is 0 Å². The molecule has 4 heteroatoms. The standard InChI is InChI=1S/C20H23N3O/c24-20(21-13-12-16-7-2-1-3-8-16)23-15-17-9-6-14-22(17)18-10-4-5-11-19(18)23/h1-5,7-8,10-11,17H,6,9,12-15H2,(H,21,24)/t17-/m1/s1. The molecule has 0 bridgehead atoms. The van der Waals surface area contributed by atoms with E-state index in [0.717, 1.165) is 25.2 Å². The second-order valence-electron chi connectivity index (χ2n) is 6.56. The molecule has 0 aliphatic carbocycles. The predicted molar refractivity (Wildman–Crippen MR) is 97.7 cm³/mol. The summed E-state index contributed by atoms with van der Waals surface area (Å²) in [6.45, 7) is 2.55. The lowest BCUT2D eigenvalue weighted by atomic mass is 10.1. The maximum absolute atomic E-state index is 12.7. The van der Waals surface area contributed by atoms with Gasteiger partial charge < -0.3 is 10.2 Å². The first-order valence-electron chi connectivity index (χ1n) is 8.78. The van der Waals surface area contributed by atoms with E-state index in [1.807, 2.05) is 29.2 Å². The lowest BCUT2D eigenvalue weighted by molar-refractivity contribution is 0.245. The summed E-state index contributed by atoms with van der Waals surface area (Å²) in [5.41, 5.74) is 3.48. The Kier molecular flexibility index (Phi) is 4.11. The van der Waals surface area contributed by atoms with Crippen LogP contribution in [0, 0.1) is 0 Å². The van der Waals surface area contributed by atoms with E-state index in [-0.39, 0.29) is 6.03 Å². The number of anilines is 2. The van der Waals surface area contributed by atoms with Crippen molar-refractivity contribution in [3.8, 4) is 0 Å². The number of hydrogen-bond acceptors (Lipinski definition) is 2. The average Bonchev–Trinajstić information content (AvgIpc) is 3.11. The Labute approximate surface area is 143 Å². The lowest BCUT2D eigenvalue weighted by Crippen LogP contribution is -2.51. The van der Waals surface area contributed by atoms with Crippen LogP contribution in [0.5, 0.6) is 0 Å². The highest BCUT2D eigenvalue weighted by Gasteiger charge is 2.35. The van der Waals surface area contributed by atoms with Crippen molar-refractivity contribution in [2.24, 2.45) is 0 Å². The van der Waals surface area contributed by atoms with Crippen molar-refractivity contribution < 1.29 is 4.79 Å². The van der Waals surface area contributed by atoms with Crippen molar-refractivity contribution in [3.63, 3.8) is 0 Å². The number of carbonyl (C=O) groups excluding carboxylic acids is 1. The van der Waals surface area contributed by atoms with Gasteiger partial charge in [-0.3, -0.25) is 4.90 Å². The lowest BCUT2D eigenvalue weighted by Gasteiger charge is -2.40. The quantitative estimate of drug-likeness (QED) is 0.940. The minimum absolute atomic E-state index is 0.0185. The third-order valence-corrected chi connectivity index (χ3v) is 5.03. The van der Waals surface area contributed by atoms with Gasteiger partial charge in [0.2, 0.25) is 0 Å². The molecule has 2 aromatic carbocycles. The zero-order valence-corrected chi connectivity index (χ0v) is 13.8. The topological polar surface area (TPSA) is 35.6 Å². The molecule has 1 saturated heterocycles. The van der Waals surface area contributed by atoms with Gasteiger partial charge in [-0.15, -0.1) is 0 Å². The number of carbonyl (C=O) groups is 1. The molecule has 1 atom stereocenters. The minimum atomic E-state index is 0.0185. The van der Waals surface area contributed by atoms with Gasteiger partial charge in [-0.25, -0.2) is 4.79 Å². The molecule has 124 valence electrons. The van der Waals surface area contributed by atoms with Gasteiger partial charge in [0.1, 0.15) is 0 Å². The van der Waals surface area contributed by atoms with Gasteiger partial charge in [0.15, 0.2) is 0 Å². The van der Waals surface area contributed by atoms with Gasteiger partial charge in [0.25, 0.3) is 0 Å². The largest absolute Gasteiger partial charge is 0.365 e. The highest BCUT2D eigenvalue weighted by atomic mass is 16.2. The van der Waals surface area contributed by atoms with Gasteiger partial charge in [0, 0.05) is 25.7 Å². The van der Waals surface area contributed by atoms with Crippen LogP contribution in [-0.4, -0.2) is 31.7 Å². The van der Waals surface area contributed by atoms with E-state index in [0.29, 0.717) is 12.6 Å². The first kappa shape index (κ1) is 15.1. The molecule has 0 spiro atoms. The van der Waals surface area contributed by atoms with Crippen LogP contribution in [0.3, 0.4) is 0 Å².